The van der Waals surface area contributed by atoms with Gasteiger partial charge in [0.05, 0.1) is 12.2 Å². The Morgan fingerprint density at radius 3 is 2.50 bits per heavy atom. The van der Waals surface area contributed by atoms with Crippen molar-refractivity contribution < 1.29 is 19.1 Å². The quantitative estimate of drug-likeness (QED) is 0.600. The van der Waals surface area contributed by atoms with Crippen LogP contribution >= 0.6 is 0 Å². The van der Waals surface area contributed by atoms with Crippen molar-refractivity contribution in [3.8, 4) is 5.75 Å². The fraction of sp³-hybridized carbons (Fsp3) is 0.217. The highest BCUT2D eigenvalue weighted by molar-refractivity contribution is 5.97. The van der Waals surface area contributed by atoms with Crippen LogP contribution in [0, 0.1) is 0 Å². The van der Waals surface area contributed by atoms with Crippen molar-refractivity contribution >= 4 is 28.3 Å². The van der Waals surface area contributed by atoms with E-state index in [4.69, 9.17) is 9.47 Å². The zero-order chi connectivity index (χ0) is 19.9. The summed E-state index contributed by atoms with van der Waals surface area (Å²) < 4.78 is 11.0. The summed E-state index contributed by atoms with van der Waals surface area (Å²) in [5, 5.41) is 4.84. The SMILES string of the molecule is CCOC(=O)c1cccc(NC(=O)[C@H](CC)Oc2cccc3ccccc23)c1. The van der Waals surface area contributed by atoms with Crippen molar-refractivity contribution in [2.45, 2.75) is 26.4 Å². The van der Waals surface area contributed by atoms with Gasteiger partial charge in [-0.25, -0.2) is 4.79 Å². The highest BCUT2D eigenvalue weighted by Gasteiger charge is 2.20. The van der Waals surface area contributed by atoms with Crippen LogP contribution < -0.4 is 10.1 Å². The van der Waals surface area contributed by atoms with Crippen LogP contribution in [-0.2, 0) is 9.53 Å². The molecule has 5 nitrogen and oxygen atoms in total. The number of benzene rings is 3. The fourth-order valence-electron chi connectivity index (χ4n) is 2.94. The van der Waals surface area contributed by atoms with E-state index in [-0.39, 0.29) is 5.91 Å². The molecule has 5 heteroatoms. The fourth-order valence-corrected chi connectivity index (χ4v) is 2.94. The van der Waals surface area contributed by atoms with E-state index < -0.39 is 12.1 Å². The Labute approximate surface area is 164 Å². The average molecular weight is 377 g/mol. The lowest BCUT2D eigenvalue weighted by Gasteiger charge is -2.18. The molecular weight excluding hydrogens is 354 g/mol. The summed E-state index contributed by atoms with van der Waals surface area (Å²) in [5.74, 6) is -0.0190. The molecule has 0 saturated carbocycles. The van der Waals surface area contributed by atoms with Gasteiger partial charge in [0.1, 0.15) is 5.75 Å². The lowest BCUT2D eigenvalue weighted by atomic mass is 10.1. The molecule has 0 bridgehead atoms. The smallest absolute Gasteiger partial charge is 0.338 e. The van der Waals surface area contributed by atoms with Crippen LogP contribution in [0.3, 0.4) is 0 Å². The molecule has 0 aliphatic heterocycles. The van der Waals surface area contributed by atoms with Gasteiger partial charge in [-0.05, 0) is 43.0 Å². The standard InChI is InChI=1S/C23H23NO4/c1-3-20(28-21-14-8-10-16-9-5-6-13-19(16)21)22(25)24-18-12-7-11-17(15-18)23(26)27-4-2/h5-15,20H,3-4H2,1-2H3,(H,24,25)/t20-/m0/s1. The van der Waals surface area contributed by atoms with Crippen molar-refractivity contribution in [3.63, 3.8) is 0 Å². The summed E-state index contributed by atoms with van der Waals surface area (Å²) in [6.07, 6.45) is -0.149. The van der Waals surface area contributed by atoms with Gasteiger partial charge in [-0.15, -0.1) is 0 Å². The Balaban J connectivity index is 1.75. The number of rotatable bonds is 7. The third-order valence-electron chi connectivity index (χ3n) is 4.32. The van der Waals surface area contributed by atoms with Gasteiger partial charge < -0.3 is 14.8 Å². The first-order valence-corrected chi connectivity index (χ1v) is 9.34. The summed E-state index contributed by atoms with van der Waals surface area (Å²) in [6.45, 7) is 3.94. The molecule has 28 heavy (non-hydrogen) atoms. The number of fused-ring (bicyclic) bond motifs is 1. The van der Waals surface area contributed by atoms with Crippen LogP contribution in [-0.4, -0.2) is 24.6 Å². The molecule has 0 aliphatic rings. The normalized spacial score (nSPS) is 11.6. The highest BCUT2D eigenvalue weighted by atomic mass is 16.5. The van der Waals surface area contributed by atoms with Crippen molar-refractivity contribution in [1.29, 1.82) is 0 Å². The van der Waals surface area contributed by atoms with Crippen LogP contribution in [0.2, 0.25) is 0 Å². The maximum absolute atomic E-state index is 12.7. The van der Waals surface area contributed by atoms with E-state index in [1.54, 1.807) is 31.2 Å². The lowest BCUT2D eigenvalue weighted by molar-refractivity contribution is -0.122. The van der Waals surface area contributed by atoms with Gasteiger partial charge >= 0.3 is 5.97 Å². The number of carbonyl (C=O) groups is 2. The van der Waals surface area contributed by atoms with Gasteiger partial charge in [0, 0.05) is 11.1 Å². The zero-order valence-electron chi connectivity index (χ0n) is 16.0. The van der Waals surface area contributed by atoms with Crippen molar-refractivity contribution in [3.05, 3.63) is 72.3 Å². The largest absolute Gasteiger partial charge is 0.480 e. The number of esters is 1. The summed E-state index contributed by atoms with van der Waals surface area (Å²) >= 11 is 0. The maximum atomic E-state index is 12.7. The zero-order valence-corrected chi connectivity index (χ0v) is 16.0. The average Bonchev–Trinajstić information content (AvgIpc) is 2.72. The minimum atomic E-state index is -0.656. The molecule has 0 aromatic heterocycles. The van der Waals surface area contributed by atoms with Crippen molar-refractivity contribution in [2.75, 3.05) is 11.9 Å². The number of anilines is 1. The molecule has 3 aromatic carbocycles. The van der Waals surface area contributed by atoms with Crippen LogP contribution in [0.25, 0.3) is 10.8 Å². The molecule has 0 fully saturated rings. The second-order valence-electron chi connectivity index (χ2n) is 6.28. The van der Waals surface area contributed by atoms with Gasteiger partial charge in [-0.1, -0.05) is 49.4 Å². The minimum absolute atomic E-state index is 0.267. The topological polar surface area (TPSA) is 64.6 Å². The van der Waals surface area contributed by atoms with Crippen LogP contribution in [0.15, 0.2) is 66.7 Å². The predicted octanol–water partition coefficient (Wildman–Crippen LogP) is 4.81. The van der Waals surface area contributed by atoms with E-state index in [2.05, 4.69) is 5.32 Å². The summed E-state index contributed by atoms with van der Waals surface area (Å²) in [5.41, 5.74) is 0.915. The highest BCUT2D eigenvalue weighted by Crippen LogP contribution is 2.26. The number of nitrogens with one attached hydrogen (secondary N) is 1. The monoisotopic (exact) mass is 377 g/mol. The number of amides is 1. The molecule has 3 aromatic rings. The molecule has 0 heterocycles. The Morgan fingerprint density at radius 2 is 1.71 bits per heavy atom. The minimum Gasteiger partial charge on any atom is -0.480 e. The first-order valence-electron chi connectivity index (χ1n) is 9.34. The molecule has 0 aliphatic carbocycles. The molecule has 144 valence electrons. The van der Waals surface area contributed by atoms with E-state index in [1.165, 1.54) is 0 Å². The maximum Gasteiger partial charge on any atom is 0.338 e. The molecule has 0 unspecified atom stereocenters. The first kappa shape index (κ1) is 19.4. The van der Waals surface area contributed by atoms with Gasteiger partial charge in [0.25, 0.3) is 5.91 Å². The summed E-state index contributed by atoms with van der Waals surface area (Å²) in [7, 11) is 0. The van der Waals surface area contributed by atoms with Gasteiger partial charge in [-0.3, -0.25) is 4.79 Å². The van der Waals surface area contributed by atoms with Gasteiger partial charge in [0.2, 0.25) is 0 Å². The number of carbonyl (C=O) groups excluding carboxylic acids is 2. The van der Waals surface area contributed by atoms with Gasteiger partial charge in [0.15, 0.2) is 6.10 Å². The van der Waals surface area contributed by atoms with E-state index in [0.717, 1.165) is 10.8 Å². The second kappa shape index (κ2) is 9.04. The van der Waals surface area contributed by atoms with E-state index in [1.807, 2.05) is 49.4 Å². The van der Waals surface area contributed by atoms with E-state index in [9.17, 15) is 9.59 Å². The molecular formula is C23H23NO4. The Morgan fingerprint density at radius 1 is 0.964 bits per heavy atom. The third kappa shape index (κ3) is 4.49. The molecule has 1 N–H and O–H groups in total. The van der Waals surface area contributed by atoms with Crippen LogP contribution in [0.5, 0.6) is 5.75 Å². The van der Waals surface area contributed by atoms with Gasteiger partial charge in [-0.2, -0.15) is 0 Å². The number of ether oxygens (including phenoxy) is 2. The molecule has 3 rings (SSSR count). The van der Waals surface area contributed by atoms with Crippen LogP contribution in [0.1, 0.15) is 30.6 Å². The van der Waals surface area contributed by atoms with E-state index >= 15 is 0 Å². The lowest BCUT2D eigenvalue weighted by Crippen LogP contribution is -2.32. The van der Waals surface area contributed by atoms with Crippen molar-refractivity contribution in [2.24, 2.45) is 0 Å². The van der Waals surface area contributed by atoms with E-state index in [0.29, 0.717) is 30.0 Å². The molecule has 0 radical (unpaired) electrons. The first-order chi connectivity index (χ1) is 13.6. The number of hydrogen-bond acceptors (Lipinski definition) is 4. The predicted molar refractivity (Wildman–Crippen MR) is 110 cm³/mol. The Hall–Kier alpha value is -3.34. The second-order valence-corrected chi connectivity index (χ2v) is 6.28. The summed E-state index contributed by atoms with van der Waals surface area (Å²) in [6, 6.07) is 20.3. The summed E-state index contributed by atoms with van der Waals surface area (Å²) in [4.78, 5) is 24.6. The third-order valence-corrected chi connectivity index (χ3v) is 4.32. The van der Waals surface area contributed by atoms with Crippen LogP contribution in [0.4, 0.5) is 5.69 Å². The Bertz CT molecular complexity index is 978. The molecule has 0 saturated heterocycles. The van der Waals surface area contributed by atoms with Crippen molar-refractivity contribution in [1.82, 2.24) is 0 Å². The molecule has 1 atom stereocenters. The Kier molecular flexibility index (Phi) is 6.27. The number of hydrogen-bond donors (Lipinski definition) is 1. The molecule has 1 amide bonds. The molecule has 0 spiro atoms.